The van der Waals surface area contributed by atoms with Crippen LogP contribution in [0.25, 0.3) is 0 Å². The first-order valence-corrected chi connectivity index (χ1v) is 6.03. The SMILES string of the molecule is CCCOCCCNCc1ncccc1C. The maximum atomic E-state index is 5.40. The minimum Gasteiger partial charge on any atom is -0.381 e. The fourth-order valence-corrected chi connectivity index (χ4v) is 1.46. The lowest BCUT2D eigenvalue weighted by Gasteiger charge is -2.06. The summed E-state index contributed by atoms with van der Waals surface area (Å²) in [6, 6.07) is 4.06. The quantitative estimate of drug-likeness (QED) is 0.685. The molecule has 3 heteroatoms. The predicted octanol–water partition coefficient (Wildman–Crippen LogP) is 2.30. The average Bonchev–Trinajstić information content (AvgIpc) is 2.30. The Bertz CT molecular complexity index is 289. The van der Waals surface area contributed by atoms with Crippen molar-refractivity contribution >= 4 is 0 Å². The highest BCUT2D eigenvalue weighted by Gasteiger charge is 1.97. The highest BCUT2D eigenvalue weighted by atomic mass is 16.5. The number of rotatable bonds is 8. The van der Waals surface area contributed by atoms with Gasteiger partial charge >= 0.3 is 0 Å². The topological polar surface area (TPSA) is 34.1 Å². The number of hydrogen-bond donors (Lipinski definition) is 1. The minimum atomic E-state index is 0.848. The third-order valence-electron chi connectivity index (χ3n) is 2.40. The lowest BCUT2D eigenvalue weighted by Crippen LogP contribution is -2.17. The van der Waals surface area contributed by atoms with E-state index in [0.717, 1.165) is 44.8 Å². The van der Waals surface area contributed by atoms with E-state index >= 15 is 0 Å². The van der Waals surface area contributed by atoms with E-state index in [1.54, 1.807) is 0 Å². The molecule has 0 spiro atoms. The number of aryl methyl sites for hydroxylation is 1. The molecule has 1 N–H and O–H groups in total. The van der Waals surface area contributed by atoms with Crippen molar-refractivity contribution in [1.29, 1.82) is 0 Å². The average molecular weight is 222 g/mol. The van der Waals surface area contributed by atoms with Crippen molar-refractivity contribution in [3.8, 4) is 0 Å². The molecule has 0 fully saturated rings. The van der Waals surface area contributed by atoms with E-state index in [9.17, 15) is 0 Å². The lowest BCUT2D eigenvalue weighted by atomic mass is 10.2. The summed E-state index contributed by atoms with van der Waals surface area (Å²) in [6.07, 6.45) is 4.00. The van der Waals surface area contributed by atoms with Gasteiger partial charge in [-0.25, -0.2) is 0 Å². The van der Waals surface area contributed by atoms with Crippen molar-refractivity contribution in [3.05, 3.63) is 29.6 Å². The van der Waals surface area contributed by atoms with Crippen LogP contribution in [0, 0.1) is 6.92 Å². The number of aromatic nitrogens is 1. The molecular formula is C13H22N2O. The summed E-state index contributed by atoms with van der Waals surface area (Å²) in [7, 11) is 0. The van der Waals surface area contributed by atoms with Crippen LogP contribution in [0.5, 0.6) is 0 Å². The molecule has 1 rings (SSSR count). The molecule has 0 atom stereocenters. The van der Waals surface area contributed by atoms with Crippen LogP contribution in [-0.4, -0.2) is 24.7 Å². The van der Waals surface area contributed by atoms with Crippen molar-refractivity contribution in [1.82, 2.24) is 10.3 Å². The van der Waals surface area contributed by atoms with E-state index in [-0.39, 0.29) is 0 Å². The van der Waals surface area contributed by atoms with Gasteiger partial charge in [0.25, 0.3) is 0 Å². The van der Waals surface area contributed by atoms with Crippen LogP contribution in [-0.2, 0) is 11.3 Å². The van der Waals surface area contributed by atoms with Gasteiger partial charge in [0.2, 0.25) is 0 Å². The van der Waals surface area contributed by atoms with Crippen molar-refractivity contribution in [2.75, 3.05) is 19.8 Å². The van der Waals surface area contributed by atoms with E-state index in [2.05, 4.69) is 30.2 Å². The van der Waals surface area contributed by atoms with E-state index in [0.29, 0.717) is 0 Å². The van der Waals surface area contributed by atoms with Gasteiger partial charge in [-0.1, -0.05) is 13.0 Å². The highest BCUT2D eigenvalue weighted by molar-refractivity contribution is 5.17. The van der Waals surface area contributed by atoms with Gasteiger partial charge in [0, 0.05) is 26.0 Å². The van der Waals surface area contributed by atoms with E-state index < -0.39 is 0 Å². The second-order valence-electron chi connectivity index (χ2n) is 3.91. The summed E-state index contributed by atoms with van der Waals surface area (Å²) in [5.74, 6) is 0. The maximum Gasteiger partial charge on any atom is 0.0570 e. The fraction of sp³-hybridized carbons (Fsp3) is 0.615. The van der Waals surface area contributed by atoms with Crippen LogP contribution in [0.15, 0.2) is 18.3 Å². The molecule has 0 aliphatic carbocycles. The Kier molecular flexibility index (Phi) is 6.77. The smallest absolute Gasteiger partial charge is 0.0570 e. The molecule has 0 aliphatic heterocycles. The molecule has 0 unspecified atom stereocenters. The molecule has 1 heterocycles. The third kappa shape index (κ3) is 5.24. The van der Waals surface area contributed by atoms with Crippen LogP contribution in [0.1, 0.15) is 31.0 Å². The zero-order chi connectivity index (χ0) is 11.6. The Labute approximate surface area is 98.2 Å². The first-order valence-electron chi connectivity index (χ1n) is 6.03. The van der Waals surface area contributed by atoms with Crippen molar-refractivity contribution in [3.63, 3.8) is 0 Å². The number of ether oxygens (including phenoxy) is 1. The molecule has 16 heavy (non-hydrogen) atoms. The molecule has 0 amide bonds. The monoisotopic (exact) mass is 222 g/mol. The van der Waals surface area contributed by atoms with E-state index in [4.69, 9.17) is 4.74 Å². The predicted molar refractivity (Wildman–Crippen MR) is 66.4 cm³/mol. The number of nitrogens with zero attached hydrogens (tertiary/aromatic N) is 1. The highest BCUT2D eigenvalue weighted by Crippen LogP contribution is 2.01. The van der Waals surface area contributed by atoms with Gasteiger partial charge < -0.3 is 10.1 Å². The molecule has 0 aliphatic rings. The maximum absolute atomic E-state index is 5.40. The molecule has 1 aromatic rings. The van der Waals surface area contributed by atoms with Gasteiger partial charge in [0.05, 0.1) is 5.69 Å². The Morgan fingerprint density at radius 1 is 1.38 bits per heavy atom. The number of hydrogen-bond acceptors (Lipinski definition) is 3. The zero-order valence-corrected chi connectivity index (χ0v) is 10.3. The fourth-order valence-electron chi connectivity index (χ4n) is 1.46. The molecule has 1 aromatic heterocycles. The zero-order valence-electron chi connectivity index (χ0n) is 10.3. The van der Waals surface area contributed by atoms with Crippen LogP contribution < -0.4 is 5.32 Å². The lowest BCUT2D eigenvalue weighted by molar-refractivity contribution is 0.132. The molecule has 0 saturated carbocycles. The summed E-state index contributed by atoms with van der Waals surface area (Å²) in [5.41, 5.74) is 2.38. The Morgan fingerprint density at radius 2 is 2.25 bits per heavy atom. The van der Waals surface area contributed by atoms with E-state index in [1.165, 1.54) is 5.56 Å². The Balaban J connectivity index is 2.05. The summed E-state index contributed by atoms with van der Waals surface area (Å²) in [5, 5.41) is 3.38. The molecule has 0 radical (unpaired) electrons. The van der Waals surface area contributed by atoms with Gasteiger partial charge in [-0.05, 0) is 37.9 Å². The summed E-state index contributed by atoms with van der Waals surface area (Å²) >= 11 is 0. The molecule has 0 bridgehead atoms. The molecule has 0 saturated heterocycles. The summed E-state index contributed by atoms with van der Waals surface area (Å²) in [6.45, 7) is 7.78. The van der Waals surface area contributed by atoms with Gasteiger partial charge in [-0.3, -0.25) is 4.98 Å². The number of nitrogens with one attached hydrogen (secondary N) is 1. The van der Waals surface area contributed by atoms with Crippen molar-refractivity contribution in [2.45, 2.75) is 33.2 Å². The first kappa shape index (κ1) is 13.1. The van der Waals surface area contributed by atoms with Crippen molar-refractivity contribution in [2.24, 2.45) is 0 Å². The molecule has 90 valence electrons. The Morgan fingerprint density at radius 3 is 3.00 bits per heavy atom. The van der Waals surface area contributed by atoms with Gasteiger partial charge in [0.1, 0.15) is 0 Å². The van der Waals surface area contributed by atoms with Crippen LogP contribution >= 0.6 is 0 Å². The van der Waals surface area contributed by atoms with Gasteiger partial charge in [-0.2, -0.15) is 0 Å². The van der Waals surface area contributed by atoms with E-state index in [1.807, 2.05) is 12.3 Å². The van der Waals surface area contributed by atoms with Crippen LogP contribution in [0.3, 0.4) is 0 Å². The van der Waals surface area contributed by atoms with Crippen molar-refractivity contribution < 1.29 is 4.74 Å². The molecule has 3 nitrogen and oxygen atoms in total. The van der Waals surface area contributed by atoms with Crippen LogP contribution in [0.4, 0.5) is 0 Å². The van der Waals surface area contributed by atoms with Gasteiger partial charge in [0.15, 0.2) is 0 Å². The van der Waals surface area contributed by atoms with Gasteiger partial charge in [-0.15, -0.1) is 0 Å². The second kappa shape index (κ2) is 8.25. The molecule has 0 aromatic carbocycles. The number of pyridine rings is 1. The Hall–Kier alpha value is -0.930. The third-order valence-corrected chi connectivity index (χ3v) is 2.40. The normalized spacial score (nSPS) is 10.6. The standard InChI is InChI=1S/C13H22N2O/c1-3-9-16-10-5-7-14-11-13-12(2)6-4-8-15-13/h4,6,8,14H,3,5,7,9-11H2,1-2H3. The largest absolute Gasteiger partial charge is 0.381 e. The summed E-state index contributed by atoms with van der Waals surface area (Å²) in [4.78, 5) is 4.33. The second-order valence-corrected chi connectivity index (χ2v) is 3.91. The first-order chi connectivity index (χ1) is 7.84. The molecular weight excluding hydrogens is 200 g/mol. The van der Waals surface area contributed by atoms with Crippen LogP contribution in [0.2, 0.25) is 0 Å². The minimum absolute atomic E-state index is 0.848. The summed E-state index contributed by atoms with van der Waals surface area (Å²) < 4.78 is 5.40.